The number of thioether (sulfide) groups is 1. The fourth-order valence-corrected chi connectivity index (χ4v) is 4.63. The van der Waals surface area contributed by atoms with Crippen LogP contribution in [0.25, 0.3) is 0 Å². The maximum absolute atomic E-state index is 12.7. The number of hydrogen-bond acceptors (Lipinski definition) is 4. The van der Waals surface area contributed by atoms with E-state index in [0.29, 0.717) is 4.88 Å². The molecule has 6 heteroatoms. The van der Waals surface area contributed by atoms with E-state index in [1.807, 2.05) is 36.6 Å². The highest BCUT2D eigenvalue weighted by atomic mass is 32.2. The second-order valence-electron chi connectivity index (χ2n) is 6.07. The van der Waals surface area contributed by atoms with Crippen LogP contribution in [0.3, 0.4) is 0 Å². The molecule has 0 radical (unpaired) electrons. The van der Waals surface area contributed by atoms with Crippen LogP contribution in [0, 0.1) is 0 Å². The van der Waals surface area contributed by atoms with Gasteiger partial charge in [0.25, 0.3) is 5.91 Å². The van der Waals surface area contributed by atoms with E-state index in [0.717, 1.165) is 29.8 Å². The normalized spacial score (nSPS) is 10.6. The van der Waals surface area contributed by atoms with Gasteiger partial charge in [-0.2, -0.15) is 0 Å². The molecule has 2 rings (SSSR count). The van der Waals surface area contributed by atoms with Crippen LogP contribution in [0.2, 0.25) is 0 Å². The molecule has 1 aromatic carbocycles. The zero-order chi connectivity index (χ0) is 19.1. The second-order valence-corrected chi connectivity index (χ2v) is 8.06. The number of carbonyl (C=O) groups excluding carboxylic acids is 2. The number of nitrogens with zero attached hydrogens (tertiary/aromatic N) is 1. The van der Waals surface area contributed by atoms with Crippen LogP contribution in [0.1, 0.15) is 40.4 Å². The summed E-state index contributed by atoms with van der Waals surface area (Å²) >= 11 is 3.13. The zero-order valence-corrected chi connectivity index (χ0v) is 17.4. The van der Waals surface area contributed by atoms with E-state index in [9.17, 15) is 9.59 Å². The summed E-state index contributed by atoms with van der Waals surface area (Å²) in [7, 11) is 1.67. The van der Waals surface area contributed by atoms with E-state index in [1.54, 1.807) is 30.1 Å². The van der Waals surface area contributed by atoms with Gasteiger partial charge in [0, 0.05) is 16.8 Å². The Kier molecular flexibility index (Phi) is 7.72. The molecule has 0 spiro atoms. The molecular weight excluding hydrogens is 364 g/mol. The van der Waals surface area contributed by atoms with Crippen LogP contribution in [-0.2, 0) is 17.6 Å². The van der Waals surface area contributed by atoms with Gasteiger partial charge in [-0.25, -0.2) is 0 Å². The van der Waals surface area contributed by atoms with Crippen molar-refractivity contribution in [2.24, 2.45) is 0 Å². The van der Waals surface area contributed by atoms with Gasteiger partial charge >= 0.3 is 0 Å². The quantitative estimate of drug-likeness (QED) is 0.665. The highest BCUT2D eigenvalue weighted by Crippen LogP contribution is 2.26. The Bertz CT molecular complexity index is 771. The minimum absolute atomic E-state index is 0.0318. The molecule has 0 saturated heterocycles. The standard InChI is InChI=1S/C20H26N2O2S2/c1-5-9-16-14(6-2)12-18(26-16)20(24)22(3)13-19(23)21-15-10-7-8-11-17(15)25-4/h7-8,10-12H,5-6,9,13H2,1-4H3,(H,21,23). The van der Waals surface area contributed by atoms with Crippen molar-refractivity contribution >= 4 is 40.6 Å². The van der Waals surface area contributed by atoms with Gasteiger partial charge in [0.2, 0.25) is 5.91 Å². The van der Waals surface area contributed by atoms with Crippen LogP contribution < -0.4 is 5.32 Å². The molecule has 140 valence electrons. The maximum Gasteiger partial charge on any atom is 0.264 e. The van der Waals surface area contributed by atoms with E-state index < -0.39 is 0 Å². The summed E-state index contributed by atoms with van der Waals surface area (Å²) in [5.74, 6) is -0.288. The number of anilines is 1. The average Bonchev–Trinajstić information content (AvgIpc) is 3.04. The lowest BCUT2D eigenvalue weighted by Gasteiger charge is -2.16. The summed E-state index contributed by atoms with van der Waals surface area (Å²) in [4.78, 5) is 29.5. The predicted molar refractivity (Wildman–Crippen MR) is 112 cm³/mol. The minimum atomic E-state index is -0.191. The summed E-state index contributed by atoms with van der Waals surface area (Å²) in [5.41, 5.74) is 2.02. The lowest BCUT2D eigenvalue weighted by molar-refractivity contribution is -0.116. The molecule has 0 fully saturated rings. The van der Waals surface area contributed by atoms with Gasteiger partial charge in [0.05, 0.1) is 17.1 Å². The first kappa shape index (κ1) is 20.5. The number of amides is 2. The van der Waals surface area contributed by atoms with Crippen molar-refractivity contribution in [1.82, 2.24) is 4.90 Å². The van der Waals surface area contributed by atoms with E-state index in [-0.39, 0.29) is 18.4 Å². The van der Waals surface area contributed by atoms with E-state index >= 15 is 0 Å². The number of benzene rings is 1. The molecule has 0 atom stereocenters. The molecule has 0 unspecified atom stereocenters. The molecule has 4 nitrogen and oxygen atoms in total. The van der Waals surface area contributed by atoms with Crippen LogP contribution >= 0.6 is 23.1 Å². The lowest BCUT2D eigenvalue weighted by Crippen LogP contribution is -2.34. The van der Waals surface area contributed by atoms with Gasteiger partial charge in [0.1, 0.15) is 0 Å². The van der Waals surface area contributed by atoms with Gasteiger partial charge in [-0.15, -0.1) is 23.1 Å². The highest BCUT2D eigenvalue weighted by molar-refractivity contribution is 7.98. The van der Waals surface area contributed by atoms with Crippen molar-refractivity contribution in [2.75, 3.05) is 25.2 Å². The molecule has 26 heavy (non-hydrogen) atoms. The fraction of sp³-hybridized carbons (Fsp3) is 0.400. The van der Waals surface area contributed by atoms with Crippen LogP contribution in [-0.4, -0.2) is 36.6 Å². The van der Waals surface area contributed by atoms with Crippen molar-refractivity contribution < 1.29 is 9.59 Å². The SMILES string of the molecule is CCCc1sc(C(=O)N(C)CC(=O)Nc2ccccc2SC)cc1CC. The van der Waals surface area contributed by atoms with Gasteiger partial charge in [-0.05, 0) is 42.9 Å². The van der Waals surface area contributed by atoms with Gasteiger partial charge < -0.3 is 10.2 Å². The number of para-hydroxylation sites is 1. The molecule has 1 aromatic heterocycles. The third kappa shape index (κ3) is 5.11. The number of likely N-dealkylation sites (N-methyl/N-ethyl adjacent to an activating group) is 1. The summed E-state index contributed by atoms with van der Waals surface area (Å²) in [6.07, 6.45) is 4.95. The smallest absolute Gasteiger partial charge is 0.264 e. The minimum Gasteiger partial charge on any atom is -0.332 e. The molecule has 1 heterocycles. The topological polar surface area (TPSA) is 49.4 Å². The average molecular weight is 391 g/mol. The Hall–Kier alpha value is -1.79. The van der Waals surface area contributed by atoms with Crippen molar-refractivity contribution in [2.45, 2.75) is 38.0 Å². The Balaban J connectivity index is 2.03. The molecule has 0 aliphatic carbocycles. The van der Waals surface area contributed by atoms with Crippen LogP contribution in [0.15, 0.2) is 35.2 Å². The Morgan fingerprint density at radius 2 is 1.96 bits per heavy atom. The summed E-state index contributed by atoms with van der Waals surface area (Å²) in [6.45, 7) is 4.28. The van der Waals surface area contributed by atoms with Crippen molar-refractivity contribution in [3.8, 4) is 0 Å². The highest BCUT2D eigenvalue weighted by Gasteiger charge is 2.19. The van der Waals surface area contributed by atoms with E-state index in [2.05, 4.69) is 19.2 Å². The zero-order valence-electron chi connectivity index (χ0n) is 15.8. The summed E-state index contributed by atoms with van der Waals surface area (Å²) in [5, 5.41) is 2.90. The van der Waals surface area contributed by atoms with Crippen molar-refractivity contribution in [1.29, 1.82) is 0 Å². The number of aryl methyl sites for hydroxylation is 2. The number of rotatable bonds is 8. The summed E-state index contributed by atoms with van der Waals surface area (Å²) < 4.78 is 0. The predicted octanol–water partition coefficient (Wildman–Crippen LogP) is 4.70. The summed E-state index contributed by atoms with van der Waals surface area (Å²) in [6, 6.07) is 9.64. The first-order valence-corrected chi connectivity index (χ1v) is 10.8. The first-order valence-electron chi connectivity index (χ1n) is 8.80. The van der Waals surface area contributed by atoms with Crippen molar-refractivity contribution in [3.63, 3.8) is 0 Å². The molecular formula is C20H26N2O2S2. The largest absolute Gasteiger partial charge is 0.332 e. The molecule has 2 aromatic rings. The fourth-order valence-electron chi connectivity index (χ4n) is 2.72. The number of hydrogen-bond donors (Lipinski definition) is 1. The number of thiophene rings is 1. The number of nitrogens with one attached hydrogen (secondary N) is 1. The van der Waals surface area contributed by atoms with Crippen LogP contribution in [0.4, 0.5) is 5.69 Å². The first-order chi connectivity index (χ1) is 12.5. The maximum atomic E-state index is 12.7. The number of carbonyl (C=O) groups is 2. The van der Waals surface area contributed by atoms with Crippen LogP contribution in [0.5, 0.6) is 0 Å². The van der Waals surface area contributed by atoms with Crippen molar-refractivity contribution in [3.05, 3.63) is 45.6 Å². The molecule has 0 saturated carbocycles. The molecule has 0 bridgehead atoms. The van der Waals surface area contributed by atoms with Gasteiger partial charge in [-0.3, -0.25) is 9.59 Å². The molecule has 2 amide bonds. The Morgan fingerprint density at radius 3 is 2.62 bits per heavy atom. The second kappa shape index (κ2) is 9.78. The molecule has 0 aliphatic rings. The Morgan fingerprint density at radius 1 is 1.23 bits per heavy atom. The van der Waals surface area contributed by atoms with E-state index in [1.165, 1.54) is 15.3 Å². The lowest BCUT2D eigenvalue weighted by atomic mass is 10.1. The van der Waals surface area contributed by atoms with E-state index in [4.69, 9.17) is 0 Å². The van der Waals surface area contributed by atoms with Gasteiger partial charge in [-0.1, -0.05) is 32.4 Å². The molecule has 1 N–H and O–H groups in total. The third-order valence-electron chi connectivity index (χ3n) is 4.07. The monoisotopic (exact) mass is 390 g/mol. The molecule has 0 aliphatic heterocycles. The Labute approximate surface area is 164 Å². The van der Waals surface area contributed by atoms with Gasteiger partial charge in [0.15, 0.2) is 0 Å². The third-order valence-corrected chi connectivity index (χ3v) is 6.09.